The molecule has 16 rings (SSSR count). The zero-order valence-corrected chi connectivity index (χ0v) is 51.9. The van der Waals surface area contributed by atoms with E-state index in [0.29, 0.717) is 85.3 Å². The minimum Gasteiger partial charge on any atom is -0.390 e. The van der Waals surface area contributed by atoms with Crippen LogP contribution in [0.5, 0.6) is 0 Å². The molecule has 16 fully saturated rings. The van der Waals surface area contributed by atoms with Crippen molar-refractivity contribution in [1.29, 1.82) is 0 Å². The van der Waals surface area contributed by atoms with Gasteiger partial charge in [-0.2, -0.15) is 0 Å². The molecular weight excluding hydrogens is 1260 g/mol. The summed E-state index contributed by atoms with van der Waals surface area (Å²) < 4.78 is 219. The standard InChI is InChI=1S/C15H24F2O2.C14H22F2O2.2C13H18F2O2.4O3S/c1-2-15(18)11-3-10-4-12(15)7-14(5-10,6-11)9-19-8-13(16)17;1-13(17)10-2-9-3-11(13)6-14(4-9,5-10)8-18-7-12(15)16;2*14-11(15)6-17-7-13-3-8-1-9(4-13)12(16)10(2-8)5-13;4*1-4(2)3/h10-13,18H,2-9H2,1H3;9-12,17H,2-8H2,1H3;2*8-11H,1-7H2;;;;. The Morgan fingerprint density at radius 1 is 0.379 bits per heavy atom. The van der Waals surface area contributed by atoms with Gasteiger partial charge in [-0.05, 0) is 211 Å². The Kier molecular flexibility index (Phi) is 27.5. The Hall–Kier alpha value is -2.98. The van der Waals surface area contributed by atoms with Crippen LogP contribution < -0.4 is 0 Å². The Morgan fingerprint density at radius 2 is 0.586 bits per heavy atom. The lowest BCUT2D eigenvalue weighted by atomic mass is 9.44. The van der Waals surface area contributed by atoms with Crippen molar-refractivity contribution in [2.75, 3.05) is 52.9 Å². The Balaban J connectivity index is 0.000000195. The Bertz CT molecular complexity index is 2510. The molecule has 0 radical (unpaired) electrons. The van der Waals surface area contributed by atoms with Crippen molar-refractivity contribution in [3.05, 3.63) is 0 Å². The molecule has 8 atom stereocenters. The second-order valence-electron chi connectivity index (χ2n) is 27.2. The van der Waals surface area contributed by atoms with Crippen LogP contribution in [-0.4, -0.2) is 162 Å². The highest BCUT2D eigenvalue weighted by Gasteiger charge is 2.62. The van der Waals surface area contributed by atoms with Crippen molar-refractivity contribution in [2.24, 2.45) is 92.7 Å². The van der Waals surface area contributed by atoms with Gasteiger partial charge in [-0.1, -0.05) is 6.92 Å². The van der Waals surface area contributed by atoms with Crippen molar-refractivity contribution in [2.45, 2.75) is 186 Å². The largest absolute Gasteiger partial charge is 0.425 e. The monoisotopic (exact) mass is 1340 g/mol. The zero-order valence-electron chi connectivity index (χ0n) is 48.6. The van der Waals surface area contributed by atoms with E-state index in [0.717, 1.165) is 135 Å². The van der Waals surface area contributed by atoms with Gasteiger partial charge in [0.1, 0.15) is 38.0 Å². The quantitative estimate of drug-likeness (QED) is 0.134. The number of carbonyl (C=O) groups is 2. The Morgan fingerprint density at radius 3 is 0.816 bits per heavy atom. The Labute approximate surface area is 507 Å². The molecule has 20 nitrogen and oxygen atoms in total. The summed E-state index contributed by atoms with van der Waals surface area (Å²) in [7, 11) is -12.4. The van der Waals surface area contributed by atoms with E-state index in [4.69, 9.17) is 69.5 Å². The molecule has 16 bridgehead atoms. The fourth-order valence-corrected chi connectivity index (χ4v) is 19.2. The maximum Gasteiger partial charge on any atom is 0.425 e. The fraction of sp³-hybridized carbons (Fsp3) is 0.964. The summed E-state index contributed by atoms with van der Waals surface area (Å²) in [5.74, 6) is 5.74. The fourth-order valence-electron chi connectivity index (χ4n) is 19.2. The van der Waals surface area contributed by atoms with E-state index in [2.05, 4.69) is 6.92 Å². The highest BCUT2D eigenvalue weighted by Crippen LogP contribution is 2.66. The third-order valence-electron chi connectivity index (χ3n) is 21.1. The topological polar surface area (TPSA) is 316 Å². The molecule has 0 saturated heterocycles. The lowest BCUT2D eigenvalue weighted by Gasteiger charge is -2.63. The predicted octanol–water partition coefficient (Wildman–Crippen LogP) is 7.39. The van der Waals surface area contributed by atoms with Crippen LogP contribution in [0.25, 0.3) is 0 Å². The average molecular weight is 1340 g/mol. The second kappa shape index (κ2) is 32.0. The van der Waals surface area contributed by atoms with Crippen LogP contribution in [0, 0.1) is 92.7 Å². The van der Waals surface area contributed by atoms with Crippen molar-refractivity contribution in [3.63, 3.8) is 0 Å². The molecule has 87 heavy (non-hydrogen) atoms. The molecule has 0 aromatic carbocycles. The molecule has 0 amide bonds. The molecule has 16 saturated carbocycles. The number of ether oxygens (including phenoxy) is 4. The minimum absolute atomic E-state index is 0.0410. The molecule has 8 unspecified atom stereocenters. The maximum atomic E-state index is 12.2. The first-order chi connectivity index (χ1) is 40.5. The van der Waals surface area contributed by atoms with E-state index in [1.54, 1.807) is 0 Å². The molecule has 0 heterocycles. The zero-order chi connectivity index (χ0) is 65.0. The summed E-state index contributed by atoms with van der Waals surface area (Å²) in [6.45, 7) is 3.99. The minimum atomic E-state index is -3.11. The average Bonchev–Trinajstić information content (AvgIpc) is 0.893. The smallest absolute Gasteiger partial charge is 0.390 e. The second-order valence-corrected chi connectivity index (χ2v) is 28.8. The van der Waals surface area contributed by atoms with Crippen molar-refractivity contribution < 1.29 is 124 Å². The van der Waals surface area contributed by atoms with Gasteiger partial charge in [-0.15, -0.1) is 50.5 Å². The summed E-state index contributed by atoms with van der Waals surface area (Å²) in [5.41, 5.74) is -0.800. The van der Waals surface area contributed by atoms with Gasteiger partial charge >= 0.3 is 42.4 Å². The summed E-state index contributed by atoms with van der Waals surface area (Å²) in [6, 6.07) is 0. The number of alkyl halides is 8. The number of aliphatic hydroxyl groups is 2. The first kappa shape index (κ1) is 74.7. The van der Waals surface area contributed by atoms with Crippen LogP contribution in [0.15, 0.2) is 0 Å². The van der Waals surface area contributed by atoms with Crippen molar-refractivity contribution in [3.8, 4) is 0 Å². The molecule has 16 aliphatic rings. The van der Waals surface area contributed by atoms with Crippen LogP contribution in [0.1, 0.15) is 149 Å². The van der Waals surface area contributed by atoms with Crippen molar-refractivity contribution in [1.82, 2.24) is 0 Å². The van der Waals surface area contributed by atoms with E-state index < -0.39 is 106 Å². The summed E-state index contributed by atoms with van der Waals surface area (Å²) in [4.78, 5) is 23.9. The lowest BCUT2D eigenvalue weighted by Crippen LogP contribution is -2.61. The lowest BCUT2D eigenvalue weighted by molar-refractivity contribution is -0.215. The van der Waals surface area contributed by atoms with Crippen LogP contribution in [-0.2, 0) is 71.0 Å². The van der Waals surface area contributed by atoms with Gasteiger partial charge in [0.15, 0.2) is 0 Å². The number of rotatable bonds is 17. The van der Waals surface area contributed by atoms with E-state index in [1.165, 1.54) is 0 Å². The van der Waals surface area contributed by atoms with E-state index >= 15 is 0 Å². The van der Waals surface area contributed by atoms with Crippen LogP contribution in [0.3, 0.4) is 0 Å². The molecular formula is C55H82F8O20S4. The van der Waals surface area contributed by atoms with Gasteiger partial charge in [0.2, 0.25) is 0 Å². The highest BCUT2D eigenvalue weighted by atomic mass is 32.2. The van der Waals surface area contributed by atoms with Gasteiger partial charge in [0, 0.05) is 23.7 Å². The number of hydrogen-bond donors (Lipinski definition) is 2. The van der Waals surface area contributed by atoms with Crippen molar-refractivity contribution >= 4 is 54.0 Å². The van der Waals surface area contributed by atoms with E-state index in [1.807, 2.05) is 6.92 Å². The molecule has 502 valence electrons. The van der Waals surface area contributed by atoms with E-state index in [-0.39, 0.29) is 45.3 Å². The molecule has 0 aromatic heterocycles. The summed E-state index contributed by atoms with van der Waals surface area (Å²) in [6.07, 6.45) is 11.6. The normalized spacial score (nSPS) is 39.1. The highest BCUT2D eigenvalue weighted by molar-refractivity contribution is 7.59. The first-order valence-electron chi connectivity index (χ1n) is 29.5. The molecule has 0 aromatic rings. The third kappa shape index (κ3) is 21.3. The summed E-state index contributed by atoms with van der Waals surface area (Å²) >= 11 is 0. The van der Waals surface area contributed by atoms with Gasteiger partial charge in [0.25, 0.3) is 25.7 Å². The predicted molar refractivity (Wildman–Crippen MR) is 286 cm³/mol. The molecule has 0 aliphatic heterocycles. The first-order valence-corrected chi connectivity index (χ1v) is 33.5. The van der Waals surface area contributed by atoms with Crippen LogP contribution in [0.2, 0.25) is 0 Å². The number of carbonyl (C=O) groups excluding carboxylic acids is 2. The SMILES string of the molecule is CC1(O)C2CC3CC1CC(COCC(F)F)(C3)C2.CCC1(O)C2CC3CC1CC(COCC(F)F)(C3)C2.O=C1C2CC3CC1CC(COCC(F)F)(C3)C2.O=C1C2CC3CC1CC(COCC(F)F)(C3)C2.O=S(=O)=O.O=S(=O)=O.O=S(=O)=O.O=S(=O)=O. The molecule has 32 heteroatoms. The summed E-state index contributed by atoms with van der Waals surface area (Å²) in [5, 5.41) is 21.4. The molecule has 16 aliphatic carbocycles. The van der Waals surface area contributed by atoms with Crippen LogP contribution in [0.4, 0.5) is 35.1 Å². The van der Waals surface area contributed by atoms with E-state index in [9.17, 15) is 54.9 Å². The van der Waals surface area contributed by atoms with Gasteiger partial charge in [-0.3, -0.25) is 9.59 Å². The number of halogens is 8. The molecule has 2 N–H and O–H groups in total. The van der Waals surface area contributed by atoms with Gasteiger partial charge in [0.05, 0.1) is 37.6 Å². The van der Waals surface area contributed by atoms with Crippen LogP contribution >= 0.6 is 0 Å². The van der Waals surface area contributed by atoms with Gasteiger partial charge < -0.3 is 29.2 Å². The number of hydrogen-bond acceptors (Lipinski definition) is 20. The van der Waals surface area contributed by atoms with Gasteiger partial charge in [-0.25, -0.2) is 35.1 Å². The molecule has 0 spiro atoms. The number of ketones is 2. The third-order valence-corrected chi connectivity index (χ3v) is 21.1. The number of Topliss-reactive ketones (excluding diaryl/α,β-unsaturated/α-hetero) is 2. The maximum absolute atomic E-state index is 12.2.